The van der Waals surface area contributed by atoms with E-state index in [0.717, 1.165) is 12.8 Å². The molecule has 1 aromatic heterocycles. The molecule has 0 spiro atoms. The smallest absolute Gasteiger partial charge is 0.0931 e. The lowest BCUT2D eigenvalue weighted by molar-refractivity contribution is 0.797. The first kappa shape index (κ1) is 10.7. The van der Waals surface area contributed by atoms with Crippen molar-refractivity contribution >= 4 is 11.3 Å². The van der Waals surface area contributed by atoms with Crippen LogP contribution in [0.2, 0.25) is 0 Å². The summed E-state index contributed by atoms with van der Waals surface area (Å²) >= 11 is 1.78. The molecule has 0 saturated carbocycles. The second-order valence-corrected chi connectivity index (χ2v) is 4.69. The van der Waals surface area contributed by atoms with Gasteiger partial charge >= 0.3 is 0 Å². The number of nitrogens with two attached hydrogens (primary N) is 1. The molecule has 2 N–H and O–H groups in total. The molecule has 1 rings (SSSR count). The summed E-state index contributed by atoms with van der Waals surface area (Å²) in [5.41, 5.74) is 6.87. The van der Waals surface area contributed by atoms with Gasteiger partial charge in [0.25, 0.3) is 0 Å². The predicted molar refractivity (Wildman–Crippen MR) is 58.1 cm³/mol. The van der Waals surface area contributed by atoms with Gasteiger partial charge in [0, 0.05) is 11.4 Å². The van der Waals surface area contributed by atoms with Gasteiger partial charge in [0.1, 0.15) is 0 Å². The summed E-state index contributed by atoms with van der Waals surface area (Å²) in [7, 11) is 0. The van der Waals surface area contributed by atoms with Gasteiger partial charge in [-0.3, -0.25) is 0 Å². The van der Waals surface area contributed by atoms with Gasteiger partial charge in [0.15, 0.2) is 0 Å². The van der Waals surface area contributed by atoms with Crippen LogP contribution >= 0.6 is 11.3 Å². The van der Waals surface area contributed by atoms with E-state index in [4.69, 9.17) is 5.73 Å². The number of aryl methyl sites for hydroxylation is 1. The van der Waals surface area contributed by atoms with E-state index in [9.17, 15) is 0 Å². The van der Waals surface area contributed by atoms with Gasteiger partial charge in [-0.2, -0.15) is 0 Å². The molecule has 2 nitrogen and oxygen atoms in total. The normalized spacial score (nSPS) is 11.2. The first-order valence-corrected chi connectivity index (χ1v) is 5.69. The van der Waals surface area contributed by atoms with Crippen LogP contribution in [0.1, 0.15) is 48.7 Å². The molecule has 0 radical (unpaired) electrons. The highest BCUT2D eigenvalue weighted by Gasteiger charge is 2.11. The molecule has 0 fully saturated rings. The quantitative estimate of drug-likeness (QED) is 0.808. The summed E-state index contributed by atoms with van der Waals surface area (Å²) < 4.78 is 0. The van der Waals surface area contributed by atoms with Crippen molar-refractivity contribution in [2.24, 2.45) is 5.73 Å². The lowest BCUT2D eigenvalue weighted by Crippen LogP contribution is -1.99. The minimum Gasteiger partial charge on any atom is -0.326 e. The largest absolute Gasteiger partial charge is 0.326 e. The molecule has 0 amide bonds. The number of nitrogens with zero attached hydrogens (tertiary/aromatic N) is 1. The average molecular weight is 198 g/mol. The molecule has 1 aromatic rings. The van der Waals surface area contributed by atoms with Crippen molar-refractivity contribution in [3.8, 4) is 0 Å². The van der Waals surface area contributed by atoms with Gasteiger partial charge in [0.05, 0.1) is 10.7 Å². The van der Waals surface area contributed by atoms with Crippen LogP contribution in [0.3, 0.4) is 0 Å². The zero-order valence-electron chi connectivity index (χ0n) is 8.63. The van der Waals surface area contributed by atoms with Crippen molar-refractivity contribution in [2.75, 3.05) is 0 Å². The molecule has 1 heterocycles. The molecular weight excluding hydrogens is 180 g/mol. The van der Waals surface area contributed by atoms with Crippen LogP contribution in [0.15, 0.2) is 0 Å². The Labute approximate surface area is 84.2 Å². The maximum absolute atomic E-state index is 5.67. The molecule has 0 unspecified atom stereocenters. The van der Waals surface area contributed by atoms with Crippen LogP contribution in [0.25, 0.3) is 0 Å². The predicted octanol–water partition coefficient (Wildman–Crippen LogP) is 2.68. The number of rotatable bonds is 4. The van der Waals surface area contributed by atoms with E-state index in [1.165, 1.54) is 15.6 Å². The highest BCUT2D eigenvalue weighted by atomic mass is 32.1. The van der Waals surface area contributed by atoms with Crippen molar-refractivity contribution in [1.29, 1.82) is 0 Å². The van der Waals surface area contributed by atoms with Crippen LogP contribution in [-0.4, -0.2) is 4.98 Å². The van der Waals surface area contributed by atoms with Gasteiger partial charge in [-0.1, -0.05) is 20.8 Å². The minimum atomic E-state index is 0.500. The molecule has 0 saturated heterocycles. The summed E-state index contributed by atoms with van der Waals surface area (Å²) in [5.74, 6) is 0.500. The van der Waals surface area contributed by atoms with Crippen LogP contribution < -0.4 is 5.73 Å². The summed E-state index contributed by atoms with van der Waals surface area (Å²) in [4.78, 5) is 5.87. The molecular formula is C10H18N2S. The second kappa shape index (κ2) is 4.72. The monoisotopic (exact) mass is 198 g/mol. The van der Waals surface area contributed by atoms with E-state index in [-0.39, 0.29) is 0 Å². The Hall–Kier alpha value is -0.410. The lowest BCUT2D eigenvalue weighted by Gasteiger charge is -2.01. The fourth-order valence-corrected chi connectivity index (χ4v) is 2.54. The summed E-state index contributed by atoms with van der Waals surface area (Å²) in [6.45, 7) is 7.15. The third-order valence-electron chi connectivity index (χ3n) is 1.97. The lowest BCUT2D eigenvalue weighted by atomic mass is 10.1. The average Bonchev–Trinajstić information content (AvgIpc) is 2.48. The van der Waals surface area contributed by atoms with E-state index >= 15 is 0 Å². The highest BCUT2D eigenvalue weighted by Crippen LogP contribution is 2.25. The Morgan fingerprint density at radius 3 is 2.54 bits per heavy atom. The Morgan fingerprint density at radius 1 is 1.46 bits per heavy atom. The molecule has 3 heteroatoms. The van der Waals surface area contributed by atoms with E-state index in [0.29, 0.717) is 12.5 Å². The van der Waals surface area contributed by atoms with E-state index in [1.54, 1.807) is 11.3 Å². The molecule has 74 valence electrons. The number of aromatic nitrogens is 1. The van der Waals surface area contributed by atoms with Crippen LogP contribution in [-0.2, 0) is 13.0 Å². The molecule has 0 bridgehead atoms. The van der Waals surface area contributed by atoms with Gasteiger partial charge in [-0.25, -0.2) is 4.98 Å². The highest BCUT2D eigenvalue weighted by molar-refractivity contribution is 7.11. The maximum atomic E-state index is 5.67. The van der Waals surface area contributed by atoms with E-state index in [2.05, 4.69) is 25.8 Å². The third-order valence-corrected chi connectivity index (χ3v) is 3.12. The number of hydrogen-bond donors (Lipinski definition) is 1. The van der Waals surface area contributed by atoms with E-state index in [1.807, 2.05) is 0 Å². The van der Waals surface area contributed by atoms with Crippen LogP contribution in [0.4, 0.5) is 0 Å². The molecule has 0 aliphatic carbocycles. The van der Waals surface area contributed by atoms with Crippen molar-refractivity contribution in [3.05, 3.63) is 15.6 Å². The van der Waals surface area contributed by atoms with Crippen molar-refractivity contribution < 1.29 is 0 Å². The Morgan fingerprint density at radius 2 is 2.15 bits per heavy atom. The van der Waals surface area contributed by atoms with Gasteiger partial charge < -0.3 is 5.73 Å². The Kier molecular flexibility index (Phi) is 3.88. The zero-order chi connectivity index (χ0) is 9.84. The van der Waals surface area contributed by atoms with E-state index < -0.39 is 0 Å². The van der Waals surface area contributed by atoms with Gasteiger partial charge in [-0.05, 0) is 18.8 Å². The van der Waals surface area contributed by atoms with Crippen LogP contribution in [0, 0.1) is 0 Å². The topological polar surface area (TPSA) is 38.9 Å². The van der Waals surface area contributed by atoms with Crippen molar-refractivity contribution in [3.63, 3.8) is 0 Å². The van der Waals surface area contributed by atoms with Crippen LogP contribution in [0.5, 0.6) is 0 Å². The molecule has 0 aliphatic rings. The van der Waals surface area contributed by atoms with Gasteiger partial charge in [-0.15, -0.1) is 11.3 Å². The number of thiazole rings is 1. The third kappa shape index (κ3) is 2.51. The fraction of sp³-hybridized carbons (Fsp3) is 0.700. The Balaban J connectivity index is 2.90. The molecule has 0 atom stereocenters. The zero-order valence-corrected chi connectivity index (χ0v) is 9.45. The van der Waals surface area contributed by atoms with Crippen molar-refractivity contribution in [2.45, 2.75) is 46.1 Å². The maximum Gasteiger partial charge on any atom is 0.0931 e. The fourth-order valence-electron chi connectivity index (χ4n) is 1.33. The molecule has 0 aromatic carbocycles. The van der Waals surface area contributed by atoms with Gasteiger partial charge in [0.2, 0.25) is 0 Å². The van der Waals surface area contributed by atoms with Crippen molar-refractivity contribution in [1.82, 2.24) is 4.98 Å². The molecule has 13 heavy (non-hydrogen) atoms. The minimum absolute atomic E-state index is 0.500. The summed E-state index contributed by atoms with van der Waals surface area (Å²) in [5, 5.41) is 1.24. The summed E-state index contributed by atoms with van der Waals surface area (Å²) in [6.07, 6.45) is 2.25. The number of hydrogen-bond acceptors (Lipinski definition) is 3. The SMILES string of the molecule is CCCc1nc(C(C)C)c(CN)s1. The first-order valence-electron chi connectivity index (χ1n) is 4.87. The first-order chi connectivity index (χ1) is 6.19. The second-order valence-electron chi connectivity index (χ2n) is 3.52. The standard InChI is InChI=1S/C10H18N2S/c1-4-5-9-12-10(7(2)3)8(6-11)13-9/h7H,4-6,11H2,1-3H3. The summed E-state index contributed by atoms with van der Waals surface area (Å²) in [6, 6.07) is 0. The Bertz CT molecular complexity index is 266. The molecule has 0 aliphatic heterocycles.